The van der Waals surface area contributed by atoms with Gasteiger partial charge in [-0.25, -0.2) is 9.78 Å². The molecule has 1 aromatic carbocycles. The minimum atomic E-state index is -0.380. The number of esters is 1. The van der Waals surface area contributed by atoms with Gasteiger partial charge in [0.2, 0.25) is 0 Å². The van der Waals surface area contributed by atoms with Gasteiger partial charge in [0.25, 0.3) is 0 Å². The Bertz CT molecular complexity index is 970. The minimum absolute atomic E-state index is 0.0321. The van der Waals surface area contributed by atoms with Crippen LogP contribution in [-0.4, -0.2) is 40.0 Å². The zero-order valence-electron chi connectivity index (χ0n) is 16.1. The van der Waals surface area contributed by atoms with Gasteiger partial charge >= 0.3 is 5.97 Å². The van der Waals surface area contributed by atoms with Crippen molar-refractivity contribution >= 4 is 22.7 Å². The quantitative estimate of drug-likeness (QED) is 0.683. The van der Waals surface area contributed by atoms with E-state index in [4.69, 9.17) is 9.47 Å². The second-order valence-electron chi connectivity index (χ2n) is 6.91. The van der Waals surface area contributed by atoms with Crippen LogP contribution in [0.1, 0.15) is 41.8 Å². The van der Waals surface area contributed by atoms with Crippen LogP contribution in [0.2, 0.25) is 0 Å². The van der Waals surface area contributed by atoms with E-state index in [1.807, 2.05) is 25.2 Å². The predicted molar refractivity (Wildman–Crippen MR) is 106 cm³/mol. The maximum absolute atomic E-state index is 12.5. The molecular formula is C21H24N4O3. The molecule has 0 aliphatic carbocycles. The first-order valence-corrected chi connectivity index (χ1v) is 9.58. The van der Waals surface area contributed by atoms with Crippen molar-refractivity contribution in [2.24, 2.45) is 7.05 Å². The molecule has 3 heterocycles. The fraction of sp³-hybridized carbons (Fsp3) is 0.381. The van der Waals surface area contributed by atoms with Gasteiger partial charge in [0.05, 0.1) is 30.0 Å². The highest BCUT2D eigenvalue weighted by atomic mass is 16.5. The van der Waals surface area contributed by atoms with E-state index in [1.54, 1.807) is 24.0 Å². The van der Waals surface area contributed by atoms with Crippen molar-refractivity contribution in [1.82, 2.24) is 14.8 Å². The lowest BCUT2D eigenvalue weighted by Crippen LogP contribution is -2.31. The zero-order valence-corrected chi connectivity index (χ0v) is 16.1. The number of aryl methyl sites for hydroxylation is 1. The number of ether oxygens (including phenoxy) is 2. The van der Waals surface area contributed by atoms with Gasteiger partial charge < -0.3 is 14.8 Å². The molecule has 7 heteroatoms. The van der Waals surface area contributed by atoms with Crippen molar-refractivity contribution in [3.8, 4) is 0 Å². The first kappa shape index (κ1) is 18.4. The molecule has 1 fully saturated rings. The number of fused-ring (bicyclic) bond motifs is 1. The first-order chi connectivity index (χ1) is 13.7. The normalized spacial score (nSPS) is 19.5. The second kappa shape index (κ2) is 7.98. The molecule has 1 aliphatic heterocycles. The average Bonchev–Trinajstić information content (AvgIpc) is 3.11. The Hall–Kier alpha value is -2.93. The Morgan fingerprint density at radius 1 is 1.32 bits per heavy atom. The van der Waals surface area contributed by atoms with E-state index in [2.05, 4.69) is 27.5 Å². The van der Waals surface area contributed by atoms with Crippen molar-refractivity contribution in [3.05, 3.63) is 53.9 Å². The summed E-state index contributed by atoms with van der Waals surface area (Å²) in [5.74, 6) is -0.380. The van der Waals surface area contributed by atoms with E-state index >= 15 is 0 Å². The fourth-order valence-electron chi connectivity index (χ4n) is 3.65. The lowest BCUT2D eigenvalue weighted by molar-refractivity contribution is 0.00980. The van der Waals surface area contributed by atoms with Crippen LogP contribution in [0.15, 0.2) is 42.7 Å². The number of pyridine rings is 1. The van der Waals surface area contributed by atoms with E-state index in [0.29, 0.717) is 18.8 Å². The van der Waals surface area contributed by atoms with Gasteiger partial charge in [0.1, 0.15) is 5.56 Å². The molecule has 0 bridgehead atoms. The third-order valence-electron chi connectivity index (χ3n) is 5.06. The summed E-state index contributed by atoms with van der Waals surface area (Å²) >= 11 is 0. The fourth-order valence-corrected chi connectivity index (χ4v) is 3.65. The number of anilines is 1. The van der Waals surface area contributed by atoms with Gasteiger partial charge in [0, 0.05) is 25.9 Å². The Morgan fingerprint density at radius 2 is 2.14 bits per heavy atom. The standard InChI is InChI=1S/C21H24N4O3/c1-3-27-21(26)17-12-22-20-16(13-23-25(20)2)19(17)24-15-9-10-28-18(11-15)14-7-5-4-6-8-14/h4-8,12-13,15,18H,3,9-11H2,1-2H3,(H,22,24). The summed E-state index contributed by atoms with van der Waals surface area (Å²) in [5.41, 5.74) is 3.06. The minimum Gasteiger partial charge on any atom is -0.462 e. The maximum Gasteiger partial charge on any atom is 0.341 e. The number of rotatable bonds is 5. The summed E-state index contributed by atoms with van der Waals surface area (Å²) < 4.78 is 12.9. The second-order valence-corrected chi connectivity index (χ2v) is 6.91. The SMILES string of the molecule is CCOC(=O)c1cnc2c(cnn2C)c1NC1CCOC(c2ccccc2)C1. The molecule has 3 aromatic rings. The van der Waals surface area contributed by atoms with Gasteiger partial charge in [0.15, 0.2) is 5.65 Å². The molecule has 0 spiro atoms. The molecule has 1 aliphatic rings. The molecule has 1 saturated heterocycles. The summed E-state index contributed by atoms with van der Waals surface area (Å²) in [4.78, 5) is 16.9. The summed E-state index contributed by atoms with van der Waals surface area (Å²) in [6.45, 7) is 2.77. The lowest BCUT2D eigenvalue weighted by Gasteiger charge is -2.31. The molecule has 28 heavy (non-hydrogen) atoms. The van der Waals surface area contributed by atoms with E-state index in [-0.39, 0.29) is 18.1 Å². The monoisotopic (exact) mass is 380 g/mol. The van der Waals surface area contributed by atoms with Crippen LogP contribution in [0.5, 0.6) is 0 Å². The van der Waals surface area contributed by atoms with Crippen molar-refractivity contribution < 1.29 is 14.3 Å². The molecule has 7 nitrogen and oxygen atoms in total. The molecule has 2 unspecified atom stereocenters. The molecule has 0 radical (unpaired) electrons. The van der Waals surface area contributed by atoms with Gasteiger partial charge in [-0.05, 0) is 25.3 Å². The van der Waals surface area contributed by atoms with Crippen LogP contribution >= 0.6 is 0 Å². The molecule has 2 atom stereocenters. The van der Waals surface area contributed by atoms with E-state index in [1.165, 1.54) is 5.56 Å². The highest BCUT2D eigenvalue weighted by Crippen LogP contribution is 2.33. The van der Waals surface area contributed by atoms with Gasteiger partial charge in [-0.15, -0.1) is 0 Å². The average molecular weight is 380 g/mol. The number of nitrogens with one attached hydrogen (secondary N) is 1. The highest BCUT2D eigenvalue weighted by Gasteiger charge is 2.27. The number of hydrogen-bond acceptors (Lipinski definition) is 6. The van der Waals surface area contributed by atoms with Crippen molar-refractivity contribution in [1.29, 1.82) is 0 Å². The number of aromatic nitrogens is 3. The van der Waals surface area contributed by atoms with Crippen LogP contribution in [-0.2, 0) is 16.5 Å². The molecule has 1 N–H and O–H groups in total. The van der Waals surface area contributed by atoms with E-state index < -0.39 is 0 Å². The molecule has 146 valence electrons. The van der Waals surface area contributed by atoms with Crippen LogP contribution in [0.3, 0.4) is 0 Å². The molecule has 2 aromatic heterocycles. The van der Waals surface area contributed by atoms with Crippen molar-refractivity contribution in [3.63, 3.8) is 0 Å². The topological polar surface area (TPSA) is 78.3 Å². The Kier molecular flexibility index (Phi) is 5.25. The highest BCUT2D eigenvalue weighted by molar-refractivity contribution is 6.04. The largest absolute Gasteiger partial charge is 0.462 e. The van der Waals surface area contributed by atoms with Crippen molar-refractivity contribution in [2.45, 2.75) is 31.9 Å². The Balaban J connectivity index is 1.64. The molecule has 0 saturated carbocycles. The molecule has 0 amide bonds. The van der Waals surface area contributed by atoms with Crippen LogP contribution in [0.25, 0.3) is 11.0 Å². The number of carbonyl (C=O) groups excluding carboxylic acids is 1. The van der Waals surface area contributed by atoms with Crippen LogP contribution in [0.4, 0.5) is 5.69 Å². The van der Waals surface area contributed by atoms with Crippen LogP contribution in [0, 0.1) is 0 Å². The summed E-state index contributed by atoms with van der Waals surface area (Å²) in [6.07, 6.45) is 5.01. The van der Waals surface area contributed by atoms with Gasteiger partial charge in [-0.2, -0.15) is 5.10 Å². The summed E-state index contributed by atoms with van der Waals surface area (Å²) in [7, 11) is 1.84. The van der Waals surface area contributed by atoms with Gasteiger partial charge in [-0.1, -0.05) is 30.3 Å². The van der Waals surface area contributed by atoms with Gasteiger partial charge in [-0.3, -0.25) is 4.68 Å². The number of hydrogen-bond donors (Lipinski definition) is 1. The first-order valence-electron chi connectivity index (χ1n) is 9.58. The predicted octanol–water partition coefficient (Wildman–Crippen LogP) is 3.48. The number of benzene rings is 1. The maximum atomic E-state index is 12.5. The summed E-state index contributed by atoms with van der Waals surface area (Å²) in [6, 6.07) is 10.4. The Morgan fingerprint density at radius 3 is 2.93 bits per heavy atom. The number of nitrogens with zero attached hydrogens (tertiary/aromatic N) is 3. The zero-order chi connectivity index (χ0) is 19.5. The molecule has 4 rings (SSSR count). The third kappa shape index (κ3) is 3.57. The van der Waals surface area contributed by atoms with Crippen LogP contribution < -0.4 is 5.32 Å². The lowest BCUT2D eigenvalue weighted by atomic mass is 9.97. The van der Waals surface area contributed by atoms with E-state index in [0.717, 1.165) is 29.6 Å². The smallest absolute Gasteiger partial charge is 0.341 e. The number of carbonyl (C=O) groups is 1. The Labute approximate surface area is 163 Å². The molecular weight excluding hydrogens is 356 g/mol. The van der Waals surface area contributed by atoms with E-state index in [9.17, 15) is 4.79 Å². The van der Waals surface area contributed by atoms with Crippen molar-refractivity contribution in [2.75, 3.05) is 18.5 Å². The summed E-state index contributed by atoms with van der Waals surface area (Å²) in [5, 5.41) is 8.68. The third-order valence-corrected chi connectivity index (χ3v) is 5.06.